The van der Waals surface area contributed by atoms with Crippen LogP contribution in [0.25, 0.3) is 0 Å². The second-order valence-corrected chi connectivity index (χ2v) is 6.13. The Morgan fingerprint density at radius 2 is 2.09 bits per heavy atom. The van der Waals surface area contributed by atoms with Crippen LogP contribution in [0.4, 0.5) is 0 Å². The van der Waals surface area contributed by atoms with Crippen molar-refractivity contribution in [1.29, 1.82) is 0 Å². The maximum Gasteiger partial charge on any atom is 0.305 e. The molecule has 1 fully saturated rings. The van der Waals surface area contributed by atoms with Gasteiger partial charge in [-0.25, -0.2) is 0 Å². The van der Waals surface area contributed by atoms with Crippen LogP contribution in [0.1, 0.15) is 31.7 Å². The summed E-state index contributed by atoms with van der Waals surface area (Å²) < 4.78 is 4.76. The Morgan fingerprint density at radius 3 is 2.77 bits per heavy atom. The smallest absolute Gasteiger partial charge is 0.305 e. The molecule has 4 heteroatoms. The van der Waals surface area contributed by atoms with E-state index in [2.05, 4.69) is 41.4 Å². The third-order valence-electron chi connectivity index (χ3n) is 4.48. The van der Waals surface area contributed by atoms with Crippen LogP contribution >= 0.6 is 0 Å². The maximum atomic E-state index is 11.3. The number of carbonyl (C=O) groups excluding carboxylic acids is 1. The number of rotatable bonds is 7. The molecule has 0 bridgehead atoms. The molecule has 0 spiro atoms. The number of hydrogen-bond acceptors (Lipinski definition) is 4. The number of methoxy groups -OCH3 is 1. The number of likely N-dealkylation sites (tertiary alicyclic amines) is 1. The highest BCUT2D eigenvalue weighted by Crippen LogP contribution is 2.22. The minimum Gasteiger partial charge on any atom is -0.469 e. The molecule has 2 rings (SSSR count). The number of piperidine rings is 1. The van der Waals surface area contributed by atoms with Crippen LogP contribution in [0, 0.1) is 5.92 Å². The first-order chi connectivity index (χ1) is 10.7. The first kappa shape index (κ1) is 17.0. The summed E-state index contributed by atoms with van der Waals surface area (Å²) in [6, 6.07) is 11.0. The molecule has 22 heavy (non-hydrogen) atoms. The van der Waals surface area contributed by atoms with E-state index < -0.39 is 0 Å². The molecule has 4 nitrogen and oxygen atoms in total. The summed E-state index contributed by atoms with van der Waals surface area (Å²) in [6.45, 7) is 6.37. The molecule has 2 unspecified atom stereocenters. The second-order valence-electron chi connectivity index (χ2n) is 6.13. The predicted molar refractivity (Wildman–Crippen MR) is 88.5 cm³/mol. The molecular formula is C18H28N2O2. The molecule has 0 saturated carbocycles. The number of benzene rings is 1. The molecule has 0 amide bonds. The van der Waals surface area contributed by atoms with Crippen molar-refractivity contribution in [2.24, 2.45) is 5.92 Å². The van der Waals surface area contributed by atoms with Crippen LogP contribution in [-0.2, 0) is 16.1 Å². The third-order valence-corrected chi connectivity index (χ3v) is 4.48. The van der Waals surface area contributed by atoms with Gasteiger partial charge in [-0.3, -0.25) is 4.79 Å². The summed E-state index contributed by atoms with van der Waals surface area (Å²) >= 11 is 0. The van der Waals surface area contributed by atoms with Crippen molar-refractivity contribution in [3.05, 3.63) is 35.9 Å². The maximum absolute atomic E-state index is 11.3. The van der Waals surface area contributed by atoms with Gasteiger partial charge in [-0.2, -0.15) is 0 Å². The van der Waals surface area contributed by atoms with Gasteiger partial charge in [-0.15, -0.1) is 0 Å². The fraction of sp³-hybridized carbons (Fsp3) is 0.611. The number of ether oxygens (including phenoxy) is 1. The van der Waals surface area contributed by atoms with Gasteiger partial charge < -0.3 is 15.0 Å². The second kappa shape index (κ2) is 8.91. The highest BCUT2D eigenvalue weighted by atomic mass is 16.5. The quantitative estimate of drug-likeness (QED) is 0.786. The van der Waals surface area contributed by atoms with E-state index in [9.17, 15) is 4.79 Å². The molecular weight excluding hydrogens is 276 g/mol. The highest BCUT2D eigenvalue weighted by Gasteiger charge is 2.26. The Morgan fingerprint density at radius 1 is 1.32 bits per heavy atom. The third kappa shape index (κ3) is 5.43. The van der Waals surface area contributed by atoms with Gasteiger partial charge in [0, 0.05) is 32.1 Å². The van der Waals surface area contributed by atoms with Gasteiger partial charge in [-0.05, 0) is 30.9 Å². The molecule has 1 aromatic rings. The molecule has 1 saturated heterocycles. The molecule has 0 aromatic heterocycles. The zero-order valence-corrected chi connectivity index (χ0v) is 13.8. The lowest BCUT2D eigenvalue weighted by atomic mass is 9.90. The van der Waals surface area contributed by atoms with Crippen LogP contribution in [0.2, 0.25) is 0 Å². The number of hydrogen-bond donors (Lipinski definition) is 1. The van der Waals surface area contributed by atoms with Crippen LogP contribution in [-0.4, -0.2) is 43.7 Å². The van der Waals surface area contributed by atoms with E-state index in [1.807, 2.05) is 6.07 Å². The normalized spacial score (nSPS) is 22.5. The number of carbonyl (C=O) groups is 1. The van der Waals surface area contributed by atoms with E-state index in [0.717, 1.165) is 39.0 Å². The molecule has 1 heterocycles. The number of nitrogens with zero attached hydrogens (tertiary/aromatic N) is 1. The summed E-state index contributed by atoms with van der Waals surface area (Å²) in [5, 5.41) is 3.68. The van der Waals surface area contributed by atoms with Crippen molar-refractivity contribution in [3.8, 4) is 0 Å². The summed E-state index contributed by atoms with van der Waals surface area (Å²) in [6.07, 6.45) is 2.59. The lowest BCUT2D eigenvalue weighted by Crippen LogP contribution is -2.48. The van der Waals surface area contributed by atoms with Crippen molar-refractivity contribution in [1.82, 2.24) is 10.2 Å². The zero-order valence-electron chi connectivity index (χ0n) is 13.8. The SMILES string of the molecule is CCN1CC(CCC(=O)OC)CC(NCc2ccccc2)C1. The number of nitrogens with one attached hydrogen (secondary N) is 1. The summed E-state index contributed by atoms with van der Waals surface area (Å²) in [4.78, 5) is 13.8. The van der Waals surface area contributed by atoms with Crippen molar-refractivity contribution in [2.45, 2.75) is 38.8 Å². The lowest BCUT2D eigenvalue weighted by Gasteiger charge is -2.37. The van der Waals surface area contributed by atoms with Crippen molar-refractivity contribution in [3.63, 3.8) is 0 Å². The van der Waals surface area contributed by atoms with Crippen LogP contribution in [0.5, 0.6) is 0 Å². The van der Waals surface area contributed by atoms with E-state index in [-0.39, 0.29) is 5.97 Å². The number of esters is 1. The van der Waals surface area contributed by atoms with E-state index in [1.165, 1.54) is 12.7 Å². The van der Waals surface area contributed by atoms with Crippen LogP contribution < -0.4 is 5.32 Å². The minimum atomic E-state index is -0.0950. The standard InChI is InChI=1S/C18H28N2O2/c1-3-20-13-16(9-10-18(21)22-2)11-17(14-20)19-12-15-7-5-4-6-8-15/h4-8,16-17,19H,3,9-14H2,1-2H3. The van der Waals surface area contributed by atoms with Gasteiger partial charge in [0.1, 0.15) is 0 Å². The fourth-order valence-corrected chi connectivity index (χ4v) is 3.20. The molecule has 122 valence electrons. The van der Waals surface area contributed by atoms with E-state index in [0.29, 0.717) is 18.4 Å². The van der Waals surface area contributed by atoms with Gasteiger partial charge in [0.05, 0.1) is 7.11 Å². The van der Waals surface area contributed by atoms with E-state index >= 15 is 0 Å². The highest BCUT2D eigenvalue weighted by molar-refractivity contribution is 5.69. The molecule has 1 aromatic carbocycles. The van der Waals surface area contributed by atoms with Gasteiger partial charge in [0.15, 0.2) is 0 Å². The molecule has 0 aliphatic carbocycles. The zero-order chi connectivity index (χ0) is 15.8. The fourth-order valence-electron chi connectivity index (χ4n) is 3.20. The molecule has 2 atom stereocenters. The number of likely N-dealkylation sites (N-methyl/N-ethyl adjacent to an activating group) is 1. The van der Waals surface area contributed by atoms with Gasteiger partial charge >= 0.3 is 5.97 Å². The summed E-state index contributed by atoms with van der Waals surface area (Å²) in [7, 11) is 1.46. The Balaban J connectivity index is 1.83. The van der Waals surface area contributed by atoms with Crippen LogP contribution in [0.3, 0.4) is 0 Å². The minimum absolute atomic E-state index is 0.0950. The molecule has 0 radical (unpaired) electrons. The Labute approximate surface area is 133 Å². The Hall–Kier alpha value is -1.39. The van der Waals surface area contributed by atoms with Gasteiger partial charge in [0.2, 0.25) is 0 Å². The Bertz CT molecular complexity index is 450. The first-order valence-electron chi connectivity index (χ1n) is 8.27. The van der Waals surface area contributed by atoms with E-state index in [4.69, 9.17) is 4.74 Å². The predicted octanol–water partition coefficient (Wildman–Crippen LogP) is 2.44. The molecule has 1 N–H and O–H groups in total. The largest absolute Gasteiger partial charge is 0.469 e. The van der Waals surface area contributed by atoms with Gasteiger partial charge in [-0.1, -0.05) is 37.3 Å². The Kier molecular flexibility index (Phi) is 6.87. The summed E-state index contributed by atoms with van der Waals surface area (Å²) in [5.41, 5.74) is 1.32. The van der Waals surface area contributed by atoms with Gasteiger partial charge in [0.25, 0.3) is 0 Å². The van der Waals surface area contributed by atoms with Crippen molar-refractivity contribution in [2.75, 3.05) is 26.7 Å². The van der Waals surface area contributed by atoms with Crippen molar-refractivity contribution >= 4 is 5.97 Å². The average molecular weight is 304 g/mol. The lowest BCUT2D eigenvalue weighted by molar-refractivity contribution is -0.141. The molecule has 1 aliphatic heterocycles. The van der Waals surface area contributed by atoms with Crippen molar-refractivity contribution < 1.29 is 9.53 Å². The monoisotopic (exact) mass is 304 g/mol. The van der Waals surface area contributed by atoms with Crippen LogP contribution in [0.15, 0.2) is 30.3 Å². The van der Waals surface area contributed by atoms with E-state index in [1.54, 1.807) is 0 Å². The average Bonchev–Trinajstić information content (AvgIpc) is 2.58. The topological polar surface area (TPSA) is 41.6 Å². The summed E-state index contributed by atoms with van der Waals surface area (Å²) in [5.74, 6) is 0.475. The first-order valence-corrected chi connectivity index (χ1v) is 8.27. The molecule has 1 aliphatic rings.